The van der Waals surface area contributed by atoms with Crippen LogP contribution in [0, 0.1) is 6.92 Å². The van der Waals surface area contributed by atoms with Gasteiger partial charge in [0, 0.05) is 63.9 Å². The summed E-state index contributed by atoms with van der Waals surface area (Å²) >= 11 is 0. The molecule has 1 aliphatic heterocycles. The molecule has 7 heteroatoms. The summed E-state index contributed by atoms with van der Waals surface area (Å²) in [5.74, 6) is 0. The molecule has 0 aromatic carbocycles. The minimum Gasteiger partial charge on any atom is -0.307 e. The van der Waals surface area contributed by atoms with Gasteiger partial charge in [-0.3, -0.25) is 19.0 Å². The fourth-order valence-corrected chi connectivity index (χ4v) is 4.02. The second kappa shape index (κ2) is 7.42. The largest absolute Gasteiger partial charge is 0.307 e. The lowest BCUT2D eigenvalue weighted by atomic mass is 10.2. The van der Waals surface area contributed by atoms with Crippen molar-refractivity contribution in [2.45, 2.75) is 20.0 Å². The third-order valence-corrected chi connectivity index (χ3v) is 5.59. The number of fused-ring (bicyclic) bond motifs is 2. The molecular weight excluding hydrogens is 364 g/mol. The lowest BCUT2D eigenvalue weighted by molar-refractivity contribution is 0.120. The highest BCUT2D eigenvalue weighted by Gasteiger charge is 2.19. The summed E-state index contributed by atoms with van der Waals surface area (Å²) < 4.78 is 3.68. The quantitative estimate of drug-likeness (QED) is 0.535. The van der Waals surface area contributed by atoms with Crippen LogP contribution in [0.4, 0.5) is 0 Å². The van der Waals surface area contributed by atoms with Crippen molar-refractivity contribution < 1.29 is 0 Å². The molecule has 0 saturated carbocycles. The number of hydrogen-bond acceptors (Lipinski definition) is 5. The minimum atomic E-state index is -0.0146. The van der Waals surface area contributed by atoms with Crippen LogP contribution in [0.3, 0.4) is 0 Å². The summed E-state index contributed by atoms with van der Waals surface area (Å²) in [4.78, 5) is 26.7. The van der Waals surface area contributed by atoms with Gasteiger partial charge in [0.15, 0.2) is 0 Å². The summed E-state index contributed by atoms with van der Waals surface area (Å²) in [7, 11) is 0. The standard InChI is InChI=1S/C22H24N6O/c1-17-5-4-8-28-21(29)13-18(24-22(17)28)14-25-9-11-26(12-10-25)15-19-16-27-7-3-2-6-20(27)23-19/h2-8,13,16H,9-12,14-15H2,1H3. The molecular formula is C22H24N6O. The van der Waals surface area contributed by atoms with Crippen LogP contribution in [0.1, 0.15) is 17.0 Å². The van der Waals surface area contributed by atoms with Gasteiger partial charge in [0.2, 0.25) is 0 Å². The molecule has 4 aromatic heterocycles. The van der Waals surface area contributed by atoms with Gasteiger partial charge in [-0.15, -0.1) is 0 Å². The van der Waals surface area contributed by atoms with Crippen molar-refractivity contribution in [3.05, 3.63) is 82.3 Å². The van der Waals surface area contributed by atoms with Gasteiger partial charge < -0.3 is 4.40 Å². The van der Waals surface area contributed by atoms with Gasteiger partial charge in [-0.05, 0) is 30.7 Å². The molecule has 0 atom stereocenters. The Kier molecular flexibility index (Phi) is 4.61. The van der Waals surface area contributed by atoms with E-state index in [4.69, 9.17) is 9.97 Å². The Hall–Kier alpha value is -3.03. The molecule has 5 heterocycles. The third kappa shape index (κ3) is 3.66. The van der Waals surface area contributed by atoms with E-state index >= 15 is 0 Å². The van der Waals surface area contributed by atoms with E-state index in [1.165, 1.54) is 0 Å². The van der Waals surface area contributed by atoms with Crippen molar-refractivity contribution >= 4 is 11.3 Å². The van der Waals surface area contributed by atoms with Crippen LogP contribution in [0.5, 0.6) is 0 Å². The van der Waals surface area contributed by atoms with Crippen molar-refractivity contribution in [3.63, 3.8) is 0 Å². The van der Waals surface area contributed by atoms with Crippen molar-refractivity contribution in [1.29, 1.82) is 0 Å². The number of nitrogens with zero attached hydrogens (tertiary/aromatic N) is 6. The predicted octanol–water partition coefficient (Wildman–Crippen LogP) is 1.97. The van der Waals surface area contributed by atoms with Gasteiger partial charge in [0.25, 0.3) is 5.56 Å². The Balaban J connectivity index is 1.23. The Bertz CT molecular complexity index is 1190. The van der Waals surface area contributed by atoms with Gasteiger partial charge >= 0.3 is 0 Å². The molecule has 0 aliphatic carbocycles. The van der Waals surface area contributed by atoms with E-state index in [0.717, 1.165) is 61.0 Å². The zero-order valence-electron chi connectivity index (χ0n) is 16.5. The Morgan fingerprint density at radius 3 is 2.41 bits per heavy atom. The van der Waals surface area contributed by atoms with Crippen LogP contribution in [-0.2, 0) is 13.1 Å². The van der Waals surface area contributed by atoms with E-state index in [9.17, 15) is 4.79 Å². The van der Waals surface area contributed by atoms with E-state index in [1.807, 2.05) is 43.5 Å². The van der Waals surface area contributed by atoms with Gasteiger partial charge in [0.05, 0.1) is 11.4 Å². The molecule has 0 unspecified atom stereocenters. The van der Waals surface area contributed by atoms with Crippen molar-refractivity contribution in [3.8, 4) is 0 Å². The minimum absolute atomic E-state index is 0.0146. The normalized spacial score (nSPS) is 16.0. The first-order valence-corrected chi connectivity index (χ1v) is 10.0. The van der Waals surface area contributed by atoms with Crippen molar-refractivity contribution in [2.24, 2.45) is 0 Å². The molecule has 1 aliphatic rings. The van der Waals surface area contributed by atoms with Gasteiger partial charge in [0.1, 0.15) is 11.3 Å². The molecule has 1 fully saturated rings. The number of pyridine rings is 2. The maximum absolute atomic E-state index is 12.4. The molecule has 0 radical (unpaired) electrons. The third-order valence-electron chi connectivity index (χ3n) is 5.59. The number of aromatic nitrogens is 4. The highest BCUT2D eigenvalue weighted by atomic mass is 16.1. The molecule has 4 aromatic rings. The van der Waals surface area contributed by atoms with Crippen LogP contribution >= 0.6 is 0 Å². The number of aryl methyl sites for hydroxylation is 1. The van der Waals surface area contributed by atoms with Crippen molar-refractivity contribution in [1.82, 2.24) is 28.6 Å². The fraction of sp³-hybridized carbons (Fsp3) is 0.318. The molecule has 29 heavy (non-hydrogen) atoms. The lowest BCUT2D eigenvalue weighted by Gasteiger charge is -2.34. The lowest BCUT2D eigenvalue weighted by Crippen LogP contribution is -2.45. The number of imidazole rings is 1. The zero-order chi connectivity index (χ0) is 19.8. The summed E-state index contributed by atoms with van der Waals surface area (Å²) in [5, 5.41) is 0. The second-order valence-corrected chi connectivity index (χ2v) is 7.72. The molecule has 0 amide bonds. The Labute approximate surface area is 168 Å². The summed E-state index contributed by atoms with van der Waals surface area (Å²) in [6.07, 6.45) is 5.92. The molecule has 0 bridgehead atoms. The number of hydrogen-bond donors (Lipinski definition) is 0. The van der Waals surface area contributed by atoms with Gasteiger partial charge in [-0.1, -0.05) is 12.1 Å². The molecule has 0 N–H and O–H groups in total. The Morgan fingerprint density at radius 1 is 0.897 bits per heavy atom. The summed E-state index contributed by atoms with van der Waals surface area (Å²) in [6.45, 7) is 7.46. The molecule has 1 saturated heterocycles. The average Bonchev–Trinajstić information content (AvgIpc) is 3.13. The molecule has 7 nitrogen and oxygen atoms in total. The maximum Gasteiger partial charge on any atom is 0.258 e. The Morgan fingerprint density at radius 2 is 1.66 bits per heavy atom. The molecule has 5 rings (SSSR count). The first-order chi connectivity index (χ1) is 14.2. The highest BCUT2D eigenvalue weighted by Crippen LogP contribution is 2.12. The van der Waals surface area contributed by atoms with E-state index in [-0.39, 0.29) is 5.56 Å². The van der Waals surface area contributed by atoms with Crippen LogP contribution in [0.2, 0.25) is 0 Å². The number of piperazine rings is 1. The summed E-state index contributed by atoms with van der Waals surface area (Å²) in [6, 6.07) is 11.6. The van der Waals surface area contributed by atoms with E-state index in [2.05, 4.69) is 20.4 Å². The van der Waals surface area contributed by atoms with E-state index < -0.39 is 0 Å². The monoisotopic (exact) mass is 388 g/mol. The second-order valence-electron chi connectivity index (χ2n) is 7.72. The zero-order valence-corrected chi connectivity index (χ0v) is 16.5. The average molecular weight is 388 g/mol. The topological polar surface area (TPSA) is 58.2 Å². The predicted molar refractivity (Wildman–Crippen MR) is 112 cm³/mol. The molecule has 0 spiro atoms. The van der Waals surface area contributed by atoms with Crippen LogP contribution < -0.4 is 5.56 Å². The first-order valence-electron chi connectivity index (χ1n) is 10.0. The highest BCUT2D eigenvalue weighted by molar-refractivity contribution is 5.46. The van der Waals surface area contributed by atoms with Crippen LogP contribution in [0.25, 0.3) is 11.3 Å². The van der Waals surface area contributed by atoms with Crippen LogP contribution in [-0.4, -0.2) is 54.7 Å². The van der Waals surface area contributed by atoms with Crippen molar-refractivity contribution in [2.75, 3.05) is 26.2 Å². The van der Waals surface area contributed by atoms with E-state index in [0.29, 0.717) is 6.54 Å². The summed E-state index contributed by atoms with van der Waals surface area (Å²) in [5.41, 5.74) is 4.69. The smallest absolute Gasteiger partial charge is 0.258 e. The van der Waals surface area contributed by atoms with Gasteiger partial charge in [-0.2, -0.15) is 0 Å². The maximum atomic E-state index is 12.4. The van der Waals surface area contributed by atoms with Gasteiger partial charge in [-0.25, -0.2) is 9.97 Å². The SMILES string of the molecule is Cc1cccn2c(=O)cc(CN3CCN(Cc4cn5ccccc5n4)CC3)nc12. The first kappa shape index (κ1) is 18.0. The fourth-order valence-electron chi connectivity index (χ4n) is 4.02. The molecule has 148 valence electrons. The van der Waals surface area contributed by atoms with E-state index in [1.54, 1.807) is 16.7 Å². The van der Waals surface area contributed by atoms with Crippen LogP contribution in [0.15, 0.2) is 59.8 Å². The number of rotatable bonds is 4.